The second-order valence-corrected chi connectivity index (χ2v) is 10.5. The highest BCUT2D eigenvalue weighted by Crippen LogP contribution is 2.35. The molecule has 0 aliphatic carbocycles. The zero-order valence-corrected chi connectivity index (χ0v) is 12.1. The highest BCUT2D eigenvalue weighted by molar-refractivity contribution is 6.87. The molecule has 0 bridgehead atoms. The monoisotopic (exact) mass is 220 g/mol. The standard InChI is InChI=1S/C14H24Si/c1-7-8-9-10-11-12-13-15(5,6)14(2,3)4/h9-11H2,1-6H3. The fraction of sp³-hybridized carbons (Fsp3) is 0.714. The van der Waals surface area contributed by atoms with E-state index in [1.165, 1.54) is 0 Å². The van der Waals surface area contributed by atoms with Gasteiger partial charge in [0.2, 0.25) is 0 Å². The molecule has 0 heterocycles. The molecule has 0 saturated carbocycles. The summed E-state index contributed by atoms with van der Waals surface area (Å²) < 4.78 is 0. The minimum Gasteiger partial charge on any atom is -0.131 e. The van der Waals surface area contributed by atoms with Crippen molar-refractivity contribution in [3.63, 3.8) is 0 Å². The van der Waals surface area contributed by atoms with E-state index in [9.17, 15) is 0 Å². The maximum absolute atomic E-state index is 3.52. The van der Waals surface area contributed by atoms with Crippen LogP contribution in [0.5, 0.6) is 0 Å². The van der Waals surface area contributed by atoms with E-state index in [4.69, 9.17) is 0 Å². The Morgan fingerprint density at radius 2 is 1.53 bits per heavy atom. The highest BCUT2D eigenvalue weighted by Gasteiger charge is 2.33. The normalized spacial score (nSPS) is 11.1. The molecule has 84 valence electrons. The van der Waals surface area contributed by atoms with Crippen molar-refractivity contribution in [3.8, 4) is 23.3 Å². The molecular formula is C14H24Si. The largest absolute Gasteiger partial charge is 0.137 e. The molecule has 0 nitrogen and oxygen atoms in total. The molecule has 0 amide bonds. The molecule has 0 aromatic rings. The summed E-state index contributed by atoms with van der Waals surface area (Å²) in [7, 11) is -1.37. The van der Waals surface area contributed by atoms with E-state index in [-0.39, 0.29) is 0 Å². The summed E-state index contributed by atoms with van der Waals surface area (Å²) in [6.45, 7) is 13.5. The molecule has 0 rings (SSSR count). The van der Waals surface area contributed by atoms with Gasteiger partial charge in [0.1, 0.15) is 8.07 Å². The van der Waals surface area contributed by atoms with Crippen LogP contribution < -0.4 is 0 Å². The van der Waals surface area contributed by atoms with E-state index in [1.807, 2.05) is 6.92 Å². The van der Waals surface area contributed by atoms with Gasteiger partial charge in [0, 0.05) is 12.8 Å². The molecule has 0 aromatic carbocycles. The smallest absolute Gasteiger partial charge is 0.131 e. The Balaban J connectivity index is 4.10. The van der Waals surface area contributed by atoms with Gasteiger partial charge in [-0.2, -0.15) is 0 Å². The van der Waals surface area contributed by atoms with E-state index >= 15 is 0 Å². The van der Waals surface area contributed by atoms with Crippen molar-refractivity contribution in [2.24, 2.45) is 0 Å². The van der Waals surface area contributed by atoms with Crippen LogP contribution in [0.25, 0.3) is 0 Å². The Kier molecular flexibility index (Phi) is 5.77. The Hall–Kier alpha value is -0.663. The molecule has 0 atom stereocenters. The van der Waals surface area contributed by atoms with Gasteiger partial charge in [-0.25, -0.2) is 0 Å². The zero-order valence-electron chi connectivity index (χ0n) is 11.1. The van der Waals surface area contributed by atoms with E-state index in [0.29, 0.717) is 5.04 Å². The molecule has 0 unspecified atom stereocenters. The lowest BCUT2D eigenvalue weighted by Crippen LogP contribution is -2.35. The van der Waals surface area contributed by atoms with Crippen molar-refractivity contribution >= 4 is 8.07 Å². The third-order valence-electron chi connectivity index (χ3n) is 3.06. The summed E-state index contributed by atoms with van der Waals surface area (Å²) in [4.78, 5) is 0. The maximum Gasteiger partial charge on any atom is 0.137 e. The number of unbranched alkanes of at least 4 members (excludes halogenated alkanes) is 2. The summed E-state index contributed by atoms with van der Waals surface area (Å²) in [5.41, 5.74) is 3.52. The van der Waals surface area contributed by atoms with Crippen molar-refractivity contribution < 1.29 is 0 Å². The molecule has 0 saturated heterocycles. The molecule has 0 radical (unpaired) electrons. The second kappa shape index (κ2) is 6.04. The summed E-state index contributed by atoms with van der Waals surface area (Å²) in [5.74, 6) is 9.31. The van der Waals surface area contributed by atoms with Gasteiger partial charge in [0.15, 0.2) is 0 Å². The van der Waals surface area contributed by atoms with E-state index < -0.39 is 8.07 Å². The van der Waals surface area contributed by atoms with Gasteiger partial charge in [-0.15, -0.1) is 23.3 Å². The maximum atomic E-state index is 3.52. The second-order valence-electron chi connectivity index (χ2n) is 5.46. The predicted molar refractivity (Wildman–Crippen MR) is 72.3 cm³/mol. The van der Waals surface area contributed by atoms with Gasteiger partial charge in [-0.05, 0) is 18.4 Å². The first-order valence-electron chi connectivity index (χ1n) is 5.71. The molecule has 0 N–H and O–H groups in total. The van der Waals surface area contributed by atoms with Crippen LogP contribution in [-0.4, -0.2) is 8.07 Å². The van der Waals surface area contributed by atoms with Crippen LogP contribution >= 0.6 is 0 Å². The van der Waals surface area contributed by atoms with Gasteiger partial charge in [-0.3, -0.25) is 0 Å². The quantitative estimate of drug-likeness (QED) is 0.371. The van der Waals surface area contributed by atoms with Crippen molar-refractivity contribution in [1.29, 1.82) is 0 Å². The first kappa shape index (κ1) is 14.3. The lowest BCUT2D eigenvalue weighted by Gasteiger charge is -2.31. The van der Waals surface area contributed by atoms with Crippen LogP contribution in [0.3, 0.4) is 0 Å². The lowest BCUT2D eigenvalue weighted by atomic mass is 10.2. The minimum atomic E-state index is -1.37. The van der Waals surface area contributed by atoms with Crippen LogP contribution in [-0.2, 0) is 0 Å². The van der Waals surface area contributed by atoms with E-state index in [0.717, 1.165) is 19.3 Å². The molecule has 0 spiro atoms. The molecular weight excluding hydrogens is 196 g/mol. The third kappa shape index (κ3) is 5.70. The van der Waals surface area contributed by atoms with Gasteiger partial charge in [-0.1, -0.05) is 33.9 Å². The van der Waals surface area contributed by atoms with Crippen molar-refractivity contribution in [3.05, 3.63) is 0 Å². The number of hydrogen-bond acceptors (Lipinski definition) is 0. The zero-order chi connectivity index (χ0) is 11.9. The Labute approximate surface area is 96.9 Å². The third-order valence-corrected chi connectivity index (χ3v) is 7.61. The highest BCUT2D eigenvalue weighted by atomic mass is 28.3. The molecule has 0 aliphatic heterocycles. The Bertz CT molecular complexity index is 296. The summed E-state index contributed by atoms with van der Waals surface area (Å²) in [5, 5.41) is 0.378. The molecule has 15 heavy (non-hydrogen) atoms. The molecule has 1 heteroatoms. The van der Waals surface area contributed by atoms with Gasteiger partial charge < -0.3 is 0 Å². The topological polar surface area (TPSA) is 0 Å². The number of rotatable bonds is 2. The summed E-state index contributed by atoms with van der Waals surface area (Å²) in [6, 6.07) is 0. The average Bonchev–Trinajstić information content (AvgIpc) is 2.09. The van der Waals surface area contributed by atoms with E-state index in [1.54, 1.807) is 0 Å². The SMILES string of the molecule is CC#CCCCC#C[Si](C)(C)C(C)(C)C. The summed E-state index contributed by atoms with van der Waals surface area (Å²) in [6.07, 6.45) is 3.10. The summed E-state index contributed by atoms with van der Waals surface area (Å²) >= 11 is 0. The first-order valence-corrected chi connectivity index (χ1v) is 8.71. The number of hydrogen-bond donors (Lipinski definition) is 0. The fourth-order valence-electron chi connectivity index (χ4n) is 0.861. The van der Waals surface area contributed by atoms with Crippen LogP contribution in [0.2, 0.25) is 18.1 Å². The van der Waals surface area contributed by atoms with E-state index in [2.05, 4.69) is 57.2 Å². The minimum absolute atomic E-state index is 0.378. The van der Waals surface area contributed by atoms with Gasteiger partial charge in [0.25, 0.3) is 0 Å². The van der Waals surface area contributed by atoms with Gasteiger partial charge >= 0.3 is 0 Å². The molecule has 0 fully saturated rings. The van der Waals surface area contributed by atoms with Crippen LogP contribution in [0.1, 0.15) is 47.0 Å². The van der Waals surface area contributed by atoms with Crippen LogP contribution in [0.4, 0.5) is 0 Å². The molecule has 0 aromatic heterocycles. The first-order chi connectivity index (χ1) is 6.81. The van der Waals surface area contributed by atoms with Crippen molar-refractivity contribution in [2.75, 3.05) is 0 Å². The van der Waals surface area contributed by atoms with Crippen LogP contribution in [0, 0.1) is 23.3 Å². The van der Waals surface area contributed by atoms with Crippen molar-refractivity contribution in [1.82, 2.24) is 0 Å². The Morgan fingerprint density at radius 3 is 2.00 bits per heavy atom. The predicted octanol–water partition coefficient (Wildman–Crippen LogP) is 4.23. The Morgan fingerprint density at radius 1 is 1.00 bits per heavy atom. The molecule has 0 aliphatic rings. The van der Waals surface area contributed by atoms with Crippen LogP contribution in [0.15, 0.2) is 0 Å². The van der Waals surface area contributed by atoms with Crippen molar-refractivity contribution in [2.45, 2.75) is 65.1 Å². The fourth-order valence-corrected chi connectivity index (χ4v) is 1.80. The van der Waals surface area contributed by atoms with Gasteiger partial charge in [0.05, 0.1) is 0 Å². The lowest BCUT2D eigenvalue weighted by molar-refractivity contribution is 0.730. The average molecular weight is 220 g/mol.